The Morgan fingerprint density at radius 2 is 1.97 bits per heavy atom. The predicted octanol–water partition coefficient (Wildman–Crippen LogP) is 3.87. The Balaban J connectivity index is 1.81. The molecule has 6 nitrogen and oxygen atoms in total. The van der Waals surface area contributed by atoms with Crippen LogP contribution in [0.25, 0.3) is 6.08 Å². The maximum Gasteiger partial charge on any atom is 0.338 e. The molecule has 1 aliphatic rings. The highest BCUT2D eigenvalue weighted by atomic mass is 32.1. The summed E-state index contributed by atoms with van der Waals surface area (Å²) in [6.45, 7) is 11.6. The van der Waals surface area contributed by atoms with Gasteiger partial charge in [-0.15, -0.1) is 11.3 Å². The van der Waals surface area contributed by atoms with Crippen LogP contribution < -0.4 is 19.8 Å². The number of esters is 1. The van der Waals surface area contributed by atoms with Crippen LogP contribution in [0.15, 0.2) is 75.5 Å². The number of thiazole rings is 1. The van der Waals surface area contributed by atoms with E-state index in [4.69, 9.17) is 4.74 Å². The van der Waals surface area contributed by atoms with E-state index < -0.39 is 12.0 Å². The fourth-order valence-corrected chi connectivity index (χ4v) is 5.90. The minimum atomic E-state index is -0.569. The van der Waals surface area contributed by atoms with Gasteiger partial charge in [-0.25, -0.2) is 9.79 Å². The lowest BCUT2D eigenvalue weighted by Gasteiger charge is -2.23. The molecule has 0 bridgehead atoms. The largest absolute Gasteiger partial charge is 0.458 e. The molecule has 0 aliphatic carbocycles. The van der Waals surface area contributed by atoms with Gasteiger partial charge in [0.1, 0.15) is 12.6 Å². The van der Waals surface area contributed by atoms with Gasteiger partial charge in [0.15, 0.2) is 4.80 Å². The number of hydrogen-bond acceptors (Lipinski definition) is 7. The summed E-state index contributed by atoms with van der Waals surface area (Å²) in [7, 11) is 0. The average Bonchev–Trinajstić information content (AvgIpc) is 3.47. The van der Waals surface area contributed by atoms with Crippen LogP contribution in [0.4, 0.5) is 5.69 Å². The molecule has 0 N–H and O–H groups in total. The molecule has 0 radical (unpaired) electrons. The second-order valence-corrected chi connectivity index (χ2v) is 9.74. The average molecular weight is 494 g/mol. The van der Waals surface area contributed by atoms with Gasteiger partial charge >= 0.3 is 5.97 Å². The Morgan fingerprint density at radius 3 is 2.59 bits per heavy atom. The molecule has 0 saturated carbocycles. The molecule has 8 heteroatoms. The zero-order chi connectivity index (χ0) is 24.2. The molecule has 1 aliphatic heterocycles. The smallest absolute Gasteiger partial charge is 0.338 e. The standard InChI is InChI=1S/C26H27N3O3S2/c1-5-14-32-25(31)22-17(4)27-26-29(23(22)20-9-8-15-33-20)24(30)21(34-26)16-18-10-12-19(13-11-18)28(6-2)7-3/h5,8-13,15-16,23H,1,6-7,14H2,2-4H3/b21-16-. The molecule has 2 aromatic heterocycles. The summed E-state index contributed by atoms with van der Waals surface area (Å²) in [6.07, 6.45) is 3.41. The number of ether oxygens (including phenoxy) is 1. The number of carbonyl (C=O) groups excluding carboxylic acids is 1. The van der Waals surface area contributed by atoms with Crippen molar-refractivity contribution in [1.29, 1.82) is 0 Å². The van der Waals surface area contributed by atoms with Crippen LogP contribution >= 0.6 is 22.7 Å². The van der Waals surface area contributed by atoms with Gasteiger partial charge in [-0.05, 0) is 56.0 Å². The normalized spacial score (nSPS) is 15.6. The minimum Gasteiger partial charge on any atom is -0.458 e. The van der Waals surface area contributed by atoms with Crippen LogP contribution in [0.5, 0.6) is 0 Å². The number of aromatic nitrogens is 1. The van der Waals surface area contributed by atoms with E-state index in [0.29, 0.717) is 20.6 Å². The third kappa shape index (κ3) is 4.56. The topological polar surface area (TPSA) is 63.9 Å². The van der Waals surface area contributed by atoms with Gasteiger partial charge in [0, 0.05) is 23.7 Å². The lowest BCUT2D eigenvalue weighted by Crippen LogP contribution is -2.39. The summed E-state index contributed by atoms with van der Waals surface area (Å²) < 4.78 is 7.53. The van der Waals surface area contributed by atoms with Crippen LogP contribution in [-0.2, 0) is 9.53 Å². The van der Waals surface area contributed by atoms with Crippen LogP contribution in [-0.4, -0.2) is 30.2 Å². The SMILES string of the molecule is C=CCOC(=O)C1=C(C)N=c2s/c(=C\c3ccc(N(CC)CC)cc3)c(=O)n2C1c1cccs1. The van der Waals surface area contributed by atoms with E-state index in [1.54, 1.807) is 11.5 Å². The van der Waals surface area contributed by atoms with Gasteiger partial charge in [0.05, 0.1) is 15.8 Å². The zero-order valence-electron chi connectivity index (χ0n) is 19.5. The summed E-state index contributed by atoms with van der Waals surface area (Å²) >= 11 is 2.83. The molecule has 3 heterocycles. The van der Waals surface area contributed by atoms with E-state index >= 15 is 0 Å². The lowest BCUT2D eigenvalue weighted by molar-refractivity contribution is -0.138. The number of thiophene rings is 1. The van der Waals surface area contributed by atoms with E-state index in [0.717, 1.165) is 29.2 Å². The van der Waals surface area contributed by atoms with Crippen LogP contribution in [0.1, 0.15) is 37.3 Å². The van der Waals surface area contributed by atoms with Gasteiger partial charge in [-0.2, -0.15) is 0 Å². The predicted molar refractivity (Wildman–Crippen MR) is 139 cm³/mol. The van der Waals surface area contributed by atoms with E-state index in [2.05, 4.69) is 42.5 Å². The van der Waals surface area contributed by atoms with E-state index in [9.17, 15) is 9.59 Å². The van der Waals surface area contributed by atoms with Crippen molar-refractivity contribution in [3.05, 3.63) is 95.8 Å². The summed E-state index contributed by atoms with van der Waals surface area (Å²) in [4.78, 5) is 34.8. The Kier molecular flexibility index (Phi) is 7.29. The molecule has 0 spiro atoms. The van der Waals surface area contributed by atoms with E-state index in [1.807, 2.05) is 35.7 Å². The second kappa shape index (κ2) is 10.4. The molecule has 4 rings (SSSR count). The van der Waals surface area contributed by atoms with Crippen molar-refractivity contribution in [2.45, 2.75) is 26.8 Å². The van der Waals surface area contributed by atoms with Gasteiger partial charge < -0.3 is 9.64 Å². The molecule has 0 fully saturated rings. The fraction of sp³-hybridized carbons (Fsp3) is 0.269. The number of hydrogen-bond donors (Lipinski definition) is 0. The second-order valence-electron chi connectivity index (χ2n) is 7.75. The van der Waals surface area contributed by atoms with Crippen LogP contribution in [0.3, 0.4) is 0 Å². The molecule has 176 valence electrons. The van der Waals surface area contributed by atoms with Gasteiger partial charge in [0.2, 0.25) is 0 Å². The highest BCUT2D eigenvalue weighted by Gasteiger charge is 2.33. The highest BCUT2D eigenvalue weighted by molar-refractivity contribution is 7.10. The van der Waals surface area contributed by atoms with Crippen LogP contribution in [0, 0.1) is 0 Å². The van der Waals surface area contributed by atoms with Crippen molar-refractivity contribution in [1.82, 2.24) is 4.57 Å². The monoisotopic (exact) mass is 493 g/mol. The molecule has 0 saturated heterocycles. The summed E-state index contributed by atoms with van der Waals surface area (Å²) in [5.41, 5.74) is 2.86. The number of anilines is 1. The molecular formula is C26H27N3O3S2. The highest BCUT2D eigenvalue weighted by Crippen LogP contribution is 2.33. The first kappa shape index (κ1) is 23.9. The summed E-state index contributed by atoms with van der Waals surface area (Å²) in [6, 6.07) is 11.5. The number of allylic oxidation sites excluding steroid dienone is 1. The number of benzene rings is 1. The van der Waals surface area contributed by atoms with Gasteiger partial charge in [0.25, 0.3) is 5.56 Å². The van der Waals surface area contributed by atoms with Gasteiger partial charge in [-0.3, -0.25) is 9.36 Å². The van der Waals surface area contributed by atoms with Crippen molar-refractivity contribution in [2.75, 3.05) is 24.6 Å². The summed E-state index contributed by atoms with van der Waals surface area (Å²) in [5, 5.41) is 1.94. The number of fused-ring (bicyclic) bond motifs is 1. The van der Waals surface area contributed by atoms with Gasteiger partial charge in [-0.1, -0.05) is 42.2 Å². The van der Waals surface area contributed by atoms with Crippen molar-refractivity contribution in [3.63, 3.8) is 0 Å². The molecule has 34 heavy (non-hydrogen) atoms. The van der Waals surface area contributed by atoms with Crippen molar-refractivity contribution >= 4 is 40.4 Å². The lowest BCUT2D eigenvalue weighted by atomic mass is 10.0. The van der Waals surface area contributed by atoms with Crippen molar-refractivity contribution < 1.29 is 9.53 Å². The Hall–Kier alpha value is -3.23. The van der Waals surface area contributed by atoms with Crippen molar-refractivity contribution in [2.24, 2.45) is 4.99 Å². The number of carbonyl (C=O) groups is 1. The Bertz CT molecular complexity index is 1390. The first-order chi connectivity index (χ1) is 16.5. The first-order valence-corrected chi connectivity index (χ1v) is 12.9. The Labute approximate surface area is 206 Å². The number of rotatable bonds is 8. The summed E-state index contributed by atoms with van der Waals surface area (Å²) in [5.74, 6) is -0.485. The minimum absolute atomic E-state index is 0.0979. The molecule has 1 atom stereocenters. The fourth-order valence-electron chi connectivity index (χ4n) is 4.03. The molecular weight excluding hydrogens is 466 g/mol. The maximum absolute atomic E-state index is 13.6. The molecule has 1 aromatic carbocycles. The number of nitrogens with zero attached hydrogens (tertiary/aromatic N) is 3. The first-order valence-electron chi connectivity index (χ1n) is 11.2. The third-order valence-electron chi connectivity index (χ3n) is 5.71. The molecule has 3 aromatic rings. The van der Waals surface area contributed by atoms with Crippen LogP contribution in [0.2, 0.25) is 0 Å². The quantitative estimate of drug-likeness (QED) is 0.353. The Morgan fingerprint density at radius 1 is 1.24 bits per heavy atom. The van der Waals surface area contributed by atoms with E-state index in [-0.39, 0.29) is 12.2 Å². The van der Waals surface area contributed by atoms with E-state index in [1.165, 1.54) is 28.7 Å². The maximum atomic E-state index is 13.6. The zero-order valence-corrected chi connectivity index (χ0v) is 21.1. The third-order valence-corrected chi connectivity index (χ3v) is 7.61. The molecule has 0 amide bonds. The molecule has 1 unspecified atom stereocenters. The van der Waals surface area contributed by atoms with Crippen molar-refractivity contribution in [3.8, 4) is 0 Å².